The Morgan fingerprint density at radius 1 is 1.20 bits per heavy atom. The van der Waals surface area contributed by atoms with Crippen molar-refractivity contribution in [2.45, 2.75) is 46.0 Å². The van der Waals surface area contributed by atoms with Crippen molar-refractivity contribution < 1.29 is 14.6 Å². The SMILES string of the molecule is Cc1nc(N2C[C@@H]3C(CO)[C@@H]3C2)ccc1Cn1cc(C(=O)N[C@@H]2CCc3c2nn(COCCS(C)(C)C)c3C)cn1. The van der Waals surface area contributed by atoms with Crippen LogP contribution in [0.3, 0.4) is 0 Å². The molecule has 1 aliphatic heterocycles. The van der Waals surface area contributed by atoms with Crippen LogP contribution in [-0.4, -0.2) is 86.4 Å². The molecule has 2 N–H and O–H groups in total. The number of carbonyl (C=O) groups is 1. The fraction of sp³-hybridized carbons (Fsp3) is 0.600. The second kappa shape index (κ2) is 11.1. The molecule has 3 aromatic heterocycles. The van der Waals surface area contributed by atoms with E-state index in [4.69, 9.17) is 14.8 Å². The second-order valence-corrected chi connectivity index (χ2v) is 17.4. The third kappa shape index (κ3) is 5.89. The lowest BCUT2D eigenvalue weighted by molar-refractivity contribution is 0.0786. The Morgan fingerprint density at radius 2 is 1.98 bits per heavy atom. The maximum atomic E-state index is 13.2. The Kier molecular flexibility index (Phi) is 7.63. The number of carbonyl (C=O) groups excluding carboxylic acids is 1. The predicted molar refractivity (Wildman–Crippen MR) is 162 cm³/mol. The fourth-order valence-corrected chi connectivity index (χ4v) is 6.98. The van der Waals surface area contributed by atoms with Gasteiger partial charge in [-0.25, -0.2) is 19.7 Å². The number of pyridine rings is 1. The second-order valence-electron chi connectivity index (χ2n) is 12.8. The van der Waals surface area contributed by atoms with E-state index in [2.05, 4.69) is 53.1 Å². The van der Waals surface area contributed by atoms with Crippen LogP contribution in [0.5, 0.6) is 0 Å². The highest BCUT2D eigenvalue weighted by Gasteiger charge is 2.55. The van der Waals surface area contributed by atoms with Gasteiger partial charge in [0.15, 0.2) is 0 Å². The predicted octanol–water partition coefficient (Wildman–Crippen LogP) is 2.90. The summed E-state index contributed by atoms with van der Waals surface area (Å²) in [7, 11) is -0.580. The van der Waals surface area contributed by atoms with E-state index in [9.17, 15) is 9.90 Å². The maximum absolute atomic E-state index is 13.2. The zero-order valence-corrected chi connectivity index (χ0v) is 25.7. The molecule has 1 amide bonds. The molecular weight excluding hydrogens is 538 g/mol. The summed E-state index contributed by atoms with van der Waals surface area (Å²) < 4.78 is 9.64. The normalized spacial score (nSPS) is 23.5. The Hall–Kier alpha value is -2.89. The third-order valence-corrected chi connectivity index (χ3v) is 10.4. The standard InChI is InChI=1S/C30H43N7O3S/c1-19-21(6-9-28(32-19)35-15-24-25(16-35)26(24)17-38)13-36-14-22(12-31-36)30(39)33-27-8-7-23-20(2)37(34-29(23)27)18-40-10-11-41(3,4)5/h6,9,12,14,24-27,38H,7-8,10-11,13,15-18H2,1-5H3,(H,33,39)/t24-,25+,26?,27-/m1/s1. The minimum atomic E-state index is -0.580. The van der Waals surface area contributed by atoms with Crippen LogP contribution >= 0.6 is 10.0 Å². The number of anilines is 1. The number of rotatable bonds is 11. The third-order valence-electron chi connectivity index (χ3n) is 9.05. The van der Waals surface area contributed by atoms with Crippen molar-refractivity contribution in [2.75, 3.05) is 55.7 Å². The molecule has 6 rings (SSSR count). The van der Waals surface area contributed by atoms with Gasteiger partial charge in [0.05, 0.1) is 36.6 Å². The van der Waals surface area contributed by atoms with Crippen molar-refractivity contribution in [3.8, 4) is 0 Å². The number of aliphatic hydroxyl groups is 1. The minimum Gasteiger partial charge on any atom is -0.396 e. The van der Waals surface area contributed by atoms with Crippen LogP contribution in [0.1, 0.15) is 51.0 Å². The van der Waals surface area contributed by atoms with Gasteiger partial charge in [-0.3, -0.25) is 9.48 Å². The Bertz CT molecular complexity index is 1420. The van der Waals surface area contributed by atoms with Crippen LogP contribution in [0, 0.1) is 31.6 Å². The molecule has 222 valence electrons. The Balaban J connectivity index is 1.04. The van der Waals surface area contributed by atoms with Gasteiger partial charge in [-0.2, -0.15) is 10.2 Å². The van der Waals surface area contributed by atoms with Crippen LogP contribution in [0.25, 0.3) is 0 Å². The average Bonchev–Trinajstić information content (AvgIpc) is 3.44. The summed E-state index contributed by atoms with van der Waals surface area (Å²) in [6.07, 6.45) is 12.1. The number of aliphatic hydroxyl groups excluding tert-OH is 1. The summed E-state index contributed by atoms with van der Waals surface area (Å²) in [5.74, 6) is 3.66. The van der Waals surface area contributed by atoms with Crippen molar-refractivity contribution in [1.29, 1.82) is 0 Å². The fourth-order valence-electron chi connectivity index (χ4n) is 6.36. The quantitative estimate of drug-likeness (QED) is 0.335. The molecule has 10 nitrogen and oxygen atoms in total. The van der Waals surface area contributed by atoms with Gasteiger partial charge >= 0.3 is 0 Å². The van der Waals surface area contributed by atoms with Crippen molar-refractivity contribution in [1.82, 2.24) is 29.9 Å². The molecule has 4 heterocycles. The highest BCUT2D eigenvalue weighted by atomic mass is 32.3. The van der Waals surface area contributed by atoms with Crippen LogP contribution in [0.15, 0.2) is 24.5 Å². The van der Waals surface area contributed by atoms with Gasteiger partial charge in [0, 0.05) is 43.0 Å². The number of fused-ring (bicyclic) bond motifs is 2. The first-order chi connectivity index (χ1) is 19.6. The number of nitrogens with one attached hydrogen (secondary N) is 1. The number of hydrogen-bond acceptors (Lipinski definition) is 7. The Morgan fingerprint density at radius 3 is 2.68 bits per heavy atom. The first-order valence-corrected chi connectivity index (χ1v) is 17.6. The molecule has 1 unspecified atom stereocenters. The van der Waals surface area contributed by atoms with E-state index in [0.29, 0.717) is 43.2 Å². The number of aryl methyl sites for hydroxylation is 1. The number of ether oxygens (including phenoxy) is 1. The molecule has 3 aliphatic rings. The first kappa shape index (κ1) is 28.2. The van der Waals surface area contributed by atoms with Crippen LogP contribution < -0.4 is 10.2 Å². The molecule has 4 atom stereocenters. The van der Waals surface area contributed by atoms with Gasteiger partial charge < -0.3 is 20.1 Å². The van der Waals surface area contributed by atoms with E-state index >= 15 is 0 Å². The summed E-state index contributed by atoms with van der Waals surface area (Å²) in [4.78, 5) is 20.3. The molecule has 0 aromatic carbocycles. The first-order valence-electron chi connectivity index (χ1n) is 14.6. The van der Waals surface area contributed by atoms with E-state index in [-0.39, 0.29) is 11.9 Å². The summed E-state index contributed by atoms with van der Waals surface area (Å²) in [5.41, 5.74) is 5.89. The van der Waals surface area contributed by atoms with Gasteiger partial charge in [0.25, 0.3) is 5.91 Å². The lowest BCUT2D eigenvalue weighted by atomic mass is 10.2. The van der Waals surface area contributed by atoms with E-state index in [0.717, 1.165) is 66.8 Å². The number of amides is 1. The molecule has 2 aliphatic carbocycles. The van der Waals surface area contributed by atoms with Crippen molar-refractivity contribution in [3.63, 3.8) is 0 Å². The van der Waals surface area contributed by atoms with Gasteiger partial charge in [0.2, 0.25) is 0 Å². The van der Waals surface area contributed by atoms with Gasteiger partial charge in [-0.15, -0.1) is 0 Å². The van der Waals surface area contributed by atoms with Crippen LogP contribution in [-0.2, 0) is 24.4 Å². The Labute approximate surface area is 243 Å². The molecule has 1 saturated carbocycles. The molecule has 1 saturated heterocycles. The topological polar surface area (TPSA) is 110 Å². The summed E-state index contributed by atoms with van der Waals surface area (Å²) >= 11 is 0. The van der Waals surface area contributed by atoms with E-state index < -0.39 is 10.0 Å². The zero-order chi connectivity index (χ0) is 28.9. The van der Waals surface area contributed by atoms with Gasteiger partial charge in [-0.05, 0) is 80.4 Å². The highest BCUT2D eigenvalue weighted by Crippen LogP contribution is 2.51. The molecular formula is C30H43N7O3S. The molecule has 0 bridgehead atoms. The lowest BCUT2D eigenvalue weighted by Gasteiger charge is -2.24. The molecule has 0 radical (unpaired) electrons. The minimum absolute atomic E-state index is 0.108. The number of aromatic nitrogens is 5. The average molecular weight is 582 g/mol. The lowest BCUT2D eigenvalue weighted by Crippen LogP contribution is -2.27. The highest BCUT2D eigenvalue weighted by molar-refractivity contribution is 8.32. The largest absolute Gasteiger partial charge is 0.396 e. The monoisotopic (exact) mass is 581 g/mol. The van der Waals surface area contributed by atoms with Crippen molar-refractivity contribution in [3.05, 3.63) is 58.3 Å². The molecule has 41 heavy (non-hydrogen) atoms. The molecule has 3 aromatic rings. The van der Waals surface area contributed by atoms with Gasteiger partial charge in [-0.1, -0.05) is 6.07 Å². The van der Waals surface area contributed by atoms with E-state index in [1.165, 1.54) is 5.56 Å². The number of piperidine rings is 1. The maximum Gasteiger partial charge on any atom is 0.255 e. The van der Waals surface area contributed by atoms with Crippen molar-refractivity contribution >= 4 is 21.8 Å². The van der Waals surface area contributed by atoms with Crippen molar-refractivity contribution in [2.24, 2.45) is 17.8 Å². The summed E-state index contributed by atoms with van der Waals surface area (Å²) in [5, 5.41) is 21.9. The number of nitrogens with zero attached hydrogens (tertiary/aromatic N) is 6. The summed E-state index contributed by atoms with van der Waals surface area (Å²) in [6.45, 7) is 8.11. The summed E-state index contributed by atoms with van der Waals surface area (Å²) in [6, 6.07) is 4.08. The van der Waals surface area contributed by atoms with E-state index in [1.54, 1.807) is 17.1 Å². The van der Waals surface area contributed by atoms with Gasteiger partial charge in [0.1, 0.15) is 12.5 Å². The molecule has 2 fully saturated rings. The zero-order valence-electron chi connectivity index (χ0n) is 24.8. The number of hydrogen-bond donors (Lipinski definition) is 2. The smallest absolute Gasteiger partial charge is 0.255 e. The van der Waals surface area contributed by atoms with Crippen LogP contribution in [0.2, 0.25) is 0 Å². The molecule has 11 heteroatoms. The molecule has 0 spiro atoms. The van der Waals surface area contributed by atoms with Crippen LogP contribution in [0.4, 0.5) is 5.82 Å². The van der Waals surface area contributed by atoms with E-state index in [1.807, 2.05) is 11.6 Å².